The van der Waals surface area contributed by atoms with E-state index in [1.54, 1.807) is 6.92 Å². The average Bonchev–Trinajstić information content (AvgIpc) is 2.25. The Morgan fingerprint density at radius 2 is 1.87 bits per heavy atom. The maximum Gasteiger partial charge on any atom is 0.223 e. The highest BCUT2D eigenvalue weighted by Crippen LogP contribution is 2.30. The molecule has 1 fully saturated rings. The van der Waals surface area contributed by atoms with E-state index in [2.05, 4.69) is 5.32 Å². The smallest absolute Gasteiger partial charge is 0.223 e. The molecule has 0 spiro atoms. The number of hydrogen-bond donors (Lipinski definition) is 2. The van der Waals surface area contributed by atoms with E-state index in [4.69, 9.17) is 5.73 Å². The minimum Gasteiger partial charge on any atom is -0.355 e. The van der Waals surface area contributed by atoms with Gasteiger partial charge in [0.1, 0.15) is 5.78 Å². The Kier molecular flexibility index (Phi) is 4.75. The van der Waals surface area contributed by atoms with Crippen LogP contribution in [0, 0.1) is 11.8 Å². The van der Waals surface area contributed by atoms with Crippen molar-refractivity contribution in [1.82, 2.24) is 5.32 Å². The van der Waals surface area contributed by atoms with Crippen molar-refractivity contribution in [3.63, 3.8) is 0 Å². The lowest BCUT2D eigenvalue weighted by molar-refractivity contribution is -0.134. The molecule has 0 aromatic heterocycles. The second kappa shape index (κ2) is 5.85. The molecule has 0 aliphatic heterocycles. The molecule has 0 aromatic rings. The number of Topliss-reactive ketones (excluding diaryl/α,β-unsaturated/α-hetero) is 1. The minimum atomic E-state index is -0.122. The summed E-state index contributed by atoms with van der Waals surface area (Å²) in [7, 11) is 0. The van der Waals surface area contributed by atoms with Gasteiger partial charge in [0.05, 0.1) is 0 Å². The molecule has 1 saturated carbocycles. The second-order valence-electron chi connectivity index (χ2n) is 4.19. The molecule has 86 valence electrons. The number of ketones is 1. The zero-order valence-corrected chi connectivity index (χ0v) is 9.29. The summed E-state index contributed by atoms with van der Waals surface area (Å²) >= 11 is 0. The van der Waals surface area contributed by atoms with Crippen molar-refractivity contribution in [2.75, 3.05) is 13.1 Å². The van der Waals surface area contributed by atoms with E-state index in [1.165, 1.54) is 0 Å². The zero-order chi connectivity index (χ0) is 11.3. The largest absolute Gasteiger partial charge is 0.355 e. The highest BCUT2D eigenvalue weighted by atomic mass is 16.2. The number of nitrogens with two attached hydrogens (primary N) is 1. The molecule has 15 heavy (non-hydrogen) atoms. The predicted octanol–water partition coefficient (Wildman–Crippen LogP) is 0.457. The van der Waals surface area contributed by atoms with Crippen LogP contribution < -0.4 is 11.1 Å². The Balaban J connectivity index is 2.55. The first-order chi connectivity index (χ1) is 7.16. The number of carbonyl (C=O) groups excluding carboxylic acids is 2. The van der Waals surface area contributed by atoms with Gasteiger partial charge >= 0.3 is 0 Å². The molecule has 0 aromatic carbocycles. The van der Waals surface area contributed by atoms with Crippen LogP contribution in [0.4, 0.5) is 0 Å². The number of nitrogens with one attached hydrogen (secondary N) is 1. The summed E-state index contributed by atoms with van der Waals surface area (Å²) in [5.41, 5.74) is 5.32. The lowest BCUT2D eigenvalue weighted by Crippen LogP contribution is -2.40. The van der Waals surface area contributed by atoms with Crippen LogP contribution in [0.15, 0.2) is 0 Å². The van der Waals surface area contributed by atoms with Crippen LogP contribution in [0.3, 0.4) is 0 Å². The summed E-state index contributed by atoms with van der Waals surface area (Å²) < 4.78 is 0. The van der Waals surface area contributed by atoms with Gasteiger partial charge in [0, 0.05) is 24.9 Å². The predicted molar refractivity (Wildman–Crippen MR) is 58.2 cm³/mol. The Bertz CT molecular complexity index is 241. The van der Waals surface area contributed by atoms with Crippen molar-refractivity contribution in [1.29, 1.82) is 0 Å². The van der Waals surface area contributed by atoms with E-state index in [-0.39, 0.29) is 23.5 Å². The van der Waals surface area contributed by atoms with E-state index in [0.29, 0.717) is 13.1 Å². The fourth-order valence-electron chi connectivity index (χ4n) is 2.26. The summed E-state index contributed by atoms with van der Waals surface area (Å²) in [5.74, 6) is -0.0535. The Labute approximate surface area is 90.6 Å². The molecule has 0 heterocycles. The maximum absolute atomic E-state index is 11.8. The van der Waals surface area contributed by atoms with Crippen molar-refractivity contribution in [3.8, 4) is 0 Å². The van der Waals surface area contributed by atoms with E-state index in [9.17, 15) is 9.59 Å². The molecule has 0 radical (unpaired) electrons. The summed E-state index contributed by atoms with van der Waals surface area (Å²) in [5, 5.41) is 2.77. The molecule has 1 aliphatic carbocycles. The van der Waals surface area contributed by atoms with Gasteiger partial charge in [0.2, 0.25) is 5.91 Å². The van der Waals surface area contributed by atoms with Crippen molar-refractivity contribution in [2.24, 2.45) is 17.6 Å². The van der Waals surface area contributed by atoms with Crippen LogP contribution in [0.25, 0.3) is 0 Å². The van der Waals surface area contributed by atoms with Crippen LogP contribution in [-0.2, 0) is 9.59 Å². The van der Waals surface area contributed by atoms with Gasteiger partial charge in [-0.25, -0.2) is 0 Å². The van der Waals surface area contributed by atoms with Gasteiger partial charge in [-0.1, -0.05) is 12.8 Å². The van der Waals surface area contributed by atoms with Crippen molar-refractivity contribution in [2.45, 2.75) is 32.6 Å². The molecule has 1 unspecified atom stereocenters. The third-order valence-corrected chi connectivity index (χ3v) is 3.07. The van der Waals surface area contributed by atoms with Gasteiger partial charge in [0.15, 0.2) is 0 Å². The van der Waals surface area contributed by atoms with E-state index in [0.717, 1.165) is 25.7 Å². The summed E-state index contributed by atoms with van der Waals surface area (Å²) in [6.45, 7) is 2.53. The lowest BCUT2D eigenvalue weighted by atomic mass is 9.77. The van der Waals surface area contributed by atoms with Crippen molar-refractivity contribution < 1.29 is 9.59 Å². The van der Waals surface area contributed by atoms with E-state index >= 15 is 0 Å². The van der Waals surface area contributed by atoms with Gasteiger partial charge in [-0.15, -0.1) is 0 Å². The first-order valence-electron chi connectivity index (χ1n) is 5.65. The highest BCUT2D eigenvalue weighted by molar-refractivity contribution is 5.87. The number of hydrogen-bond acceptors (Lipinski definition) is 3. The van der Waals surface area contributed by atoms with Crippen LogP contribution in [0.2, 0.25) is 0 Å². The first kappa shape index (κ1) is 12.2. The quantitative estimate of drug-likeness (QED) is 0.711. The normalized spacial score (nSPS) is 26.0. The fourth-order valence-corrected chi connectivity index (χ4v) is 2.26. The highest BCUT2D eigenvalue weighted by Gasteiger charge is 2.33. The topological polar surface area (TPSA) is 72.2 Å². The van der Waals surface area contributed by atoms with Crippen LogP contribution in [0.5, 0.6) is 0 Å². The lowest BCUT2D eigenvalue weighted by Gasteiger charge is -2.28. The molecule has 1 amide bonds. The average molecular weight is 212 g/mol. The third kappa shape index (κ3) is 3.30. The molecular formula is C11H20N2O2. The van der Waals surface area contributed by atoms with Crippen LogP contribution in [0.1, 0.15) is 32.6 Å². The number of rotatable bonds is 4. The number of amides is 1. The Morgan fingerprint density at radius 1 is 1.27 bits per heavy atom. The van der Waals surface area contributed by atoms with Gasteiger partial charge in [-0.2, -0.15) is 0 Å². The van der Waals surface area contributed by atoms with Gasteiger partial charge in [0.25, 0.3) is 0 Å². The molecule has 2 atom stereocenters. The monoisotopic (exact) mass is 212 g/mol. The van der Waals surface area contributed by atoms with Crippen LogP contribution >= 0.6 is 0 Å². The Morgan fingerprint density at radius 3 is 2.40 bits per heavy atom. The Hall–Kier alpha value is -0.900. The van der Waals surface area contributed by atoms with Gasteiger partial charge in [-0.3, -0.25) is 9.59 Å². The molecule has 4 heteroatoms. The molecule has 4 nitrogen and oxygen atoms in total. The molecule has 1 rings (SSSR count). The van der Waals surface area contributed by atoms with Gasteiger partial charge in [-0.05, 0) is 19.8 Å². The van der Waals surface area contributed by atoms with Crippen LogP contribution in [-0.4, -0.2) is 24.8 Å². The van der Waals surface area contributed by atoms with E-state index < -0.39 is 0 Å². The van der Waals surface area contributed by atoms with E-state index in [1.807, 2.05) is 0 Å². The SMILES string of the molecule is CC(=O)[C@@H]1CCCCC1C(=O)NCCN. The minimum absolute atomic E-state index is 0.000324. The molecular weight excluding hydrogens is 192 g/mol. The third-order valence-electron chi connectivity index (χ3n) is 3.07. The van der Waals surface area contributed by atoms with Gasteiger partial charge < -0.3 is 11.1 Å². The molecule has 0 saturated heterocycles. The molecule has 0 bridgehead atoms. The standard InChI is InChI=1S/C11H20N2O2/c1-8(14)9-4-2-3-5-10(9)11(15)13-7-6-12/h9-10H,2-7,12H2,1H3,(H,13,15)/t9-,10?/m0/s1. The summed E-state index contributed by atoms with van der Waals surface area (Å²) in [6.07, 6.45) is 3.80. The first-order valence-corrected chi connectivity index (χ1v) is 5.65. The fraction of sp³-hybridized carbons (Fsp3) is 0.818. The zero-order valence-electron chi connectivity index (χ0n) is 9.29. The van der Waals surface area contributed by atoms with Crippen molar-refractivity contribution in [3.05, 3.63) is 0 Å². The summed E-state index contributed by atoms with van der Waals surface area (Å²) in [6, 6.07) is 0. The summed E-state index contributed by atoms with van der Waals surface area (Å²) in [4.78, 5) is 23.1. The second-order valence-corrected chi connectivity index (χ2v) is 4.19. The number of carbonyl (C=O) groups is 2. The molecule has 3 N–H and O–H groups in total. The van der Waals surface area contributed by atoms with Crippen molar-refractivity contribution >= 4 is 11.7 Å². The molecule has 1 aliphatic rings. The maximum atomic E-state index is 11.8.